The first-order valence-corrected chi connectivity index (χ1v) is 13.2. The van der Waals surface area contributed by atoms with Crippen LogP contribution in [0.2, 0.25) is 0 Å². The van der Waals surface area contributed by atoms with E-state index in [-0.39, 0.29) is 18.9 Å². The summed E-state index contributed by atoms with van der Waals surface area (Å²) in [5.41, 5.74) is 2.27. The Morgan fingerprint density at radius 2 is 1.73 bits per heavy atom. The highest BCUT2D eigenvalue weighted by atomic mass is 32.2. The molecule has 3 aromatic carbocycles. The van der Waals surface area contributed by atoms with E-state index in [1.54, 1.807) is 13.2 Å². The lowest BCUT2D eigenvalue weighted by atomic mass is 10.2. The fraction of sp³-hybridized carbons (Fsp3) is 0.240. The Kier molecular flexibility index (Phi) is 8.94. The number of rotatable bonds is 11. The normalized spacial score (nSPS) is 11.2. The topological polar surface area (TPSA) is 75.7 Å². The van der Waals surface area contributed by atoms with Crippen LogP contribution in [0.15, 0.2) is 88.7 Å². The van der Waals surface area contributed by atoms with Crippen LogP contribution >= 0.6 is 11.8 Å². The van der Waals surface area contributed by atoms with Crippen LogP contribution in [-0.2, 0) is 26.2 Å². The lowest BCUT2D eigenvalue weighted by molar-refractivity contribution is -0.116. The second kappa shape index (κ2) is 11.9. The zero-order valence-electron chi connectivity index (χ0n) is 18.7. The zero-order valence-corrected chi connectivity index (χ0v) is 20.4. The molecular weight excluding hydrogens is 456 g/mol. The third-order valence-corrected chi connectivity index (χ3v) is 7.05. The lowest BCUT2D eigenvalue weighted by Crippen LogP contribution is -2.31. The Hall–Kier alpha value is -2.81. The molecule has 0 aliphatic heterocycles. The number of nitrogens with one attached hydrogen (secondary N) is 1. The van der Waals surface area contributed by atoms with Crippen LogP contribution in [0.25, 0.3) is 0 Å². The largest absolute Gasteiger partial charge is 0.380 e. The Balaban J connectivity index is 1.67. The maximum Gasteiger partial charge on any atom is 0.232 e. The highest BCUT2D eigenvalue weighted by Gasteiger charge is 2.21. The molecule has 33 heavy (non-hydrogen) atoms. The quantitative estimate of drug-likeness (QED) is 0.406. The molecule has 0 fully saturated rings. The zero-order chi connectivity index (χ0) is 23.7. The number of anilines is 2. The van der Waals surface area contributed by atoms with Crippen LogP contribution in [0, 0.1) is 0 Å². The molecule has 0 saturated heterocycles. The van der Waals surface area contributed by atoms with Gasteiger partial charge in [-0.15, -0.1) is 0 Å². The van der Waals surface area contributed by atoms with Crippen LogP contribution in [0.1, 0.15) is 18.4 Å². The number of methoxy groups -OCH3 is 1. The van der Waals surface area contributed by atoms with Gasteiger partial charge >= 0.3 is 0 Å². The van der Waals surface area contributed by atoms with E-state index in [1.165, 1.54) is 22.3 Å². The predicted octanol–water partition coefficient (Wildman–Crippen LogP) is 5.17. The molecule has 0 aliphatic rings. The Morgan fingerprint density at radius 1 is 1.00 bits per heavy atom. The first kappa shape index (κ1) is 24.8. The Morgan fingerprint density at radius 3 is 2.45 bits per heavy atom. The molecule has 3 aromatic rings. The van der Waals surface area contributed by atoms with Crippen molar-refractivity contribution >= 4 is 39.1 Å². The van der Waals surface area contributed by atoms with E-state index in [1.807, 2.05) is 72.8 Å². The summed E-state index contributed by atoms with van der Waals surface area (Å²) in [5, 5.41) is 2.87. The minimum atomic E-state index is -3.53. The van der Waals surface area contributed by atoms with Crippen molar-refractivity contribution in [2.45, 2.75) is 29.2 Å². The van der Waals surface area contributed by atoms with Gasteiger partial charge in [0.15, 0.2) is 0 Å². The van der Waals surface area contributed by atoms with Crippen molar-refractivity contribution in [2.75, 3.05) is 29.5 Å². The van der Waals surface area contributed by atoms with Gasteiger partial charge in [0.05, 0.1) is 18.6 Å². The average Bonchev–Trinajstić information content (AvgIpc) is 2.78. The maximum absolute atomic E-state index is 12.6. The molecule has 174 valence electrons. The Bertz CT molecular complexity index is 1170. The molecule has 0 saturated carbocycles. The molecule has 0 unspecified atom stereocenters. The van der Waals surface area contributed by atoms with E-state index in [0.29, 0.717) is 24.4 Å². The van der Waals surface area contributed by atoms with Crippen LogP contribution < -0.4 is 9.62 Å². The number of hydrogen-bond acceptors (Lipinski definition) is 5. The van der Waals surface area contributed by atoms with E-state index in [0.717, 1.165) is 15.4 Å². The van der Waals surface area contributed by atoms with Crippen LogP contribution in [0.5, 0.6) is 0 Å². The van der Waals surface area contributed by atoms with E-state index < -0.39 is 10.0 Å². The van der Waals surface area contributed by atoms with Crippen LogP contribution in [0.4, 0.5) is 11.4 Å². The number of benzene rings is 3. The minimum absolute atomic E-state index is 0.162. The smallest absolute Gasteiger partial charge is 0.232 e. The number of para-hydroxylation sites is 1. The molecule has 1 amide bonds. The number of sulfonamides is 1. The van der Waals surface area contributed by atoms with Gasteiger partial charge in [0.2, 0.25) is 15.9 Å². The average molecular weight is 485 g/mol. The van der Waals surface area contributed by atoms with Crippen molar-refractivity contribution in [2.24, 2.45) is 0 Å². The van der Waals surface area contributed by atoms with Gasteiger partial charge in [-0.1, -0.05) is 54.2 Å². The molecule has 0 atom stereocenters. The monoisotopic (exact) mass is 484 g/mol. The lowest BCUT2D eigenvalue weighted by Gasteiger charge is -2.24. The van der Waals surface area contributed by atoms with Crippen molar-refractivity contribution in [3.05, 3.63) is 84.4 Å². The Labute approximate surface area is 200 Å². The van der Waals surface area contributed by atoms with Crippen molar-refractivity contribution in [1.82, 2.24) is 0 Å². The molecule has 3 rings (SSSR count). The van der Waals surface area contributed by atoms with E-state index in [9.17, 15) is 13.2 Å². The number of hydrogen-bond donors (Lipinski definition) is 1. The van der Waals surface area contributed by atoms with E-state index in [2.05, 4.69) is 5.32 Å². The molecule has 0 heterocycles. The minimum Gasteiger partial charge on any atom is -0.380 e. The molecule has 8 heteroatoms. The summed E-state index contributed by atoms with van der Waals surface area (Å²) in [6.07, 6.45) is 1.79. The number of ether oxygens (including phenoxy) is 1. The summed E-state index contributed by atoms with van der Waals surface area (Å²) in [7, 11) is -1.91. The highest BCUT2D eigenvalue weighted by Crippen LogP contribution is 2.36. The number of nitrogens with zero attached hydrogens (tertiary/aromatic N) is 1. The number of amides is 1. The molecular formula is C25H28N2O4S2. The van der Waals surface area contributed by atoms with Gasteiger partial charge in [0.1, 0.15) is 0 Å². The van der Waals surface area contributed by atoms with Crippen LogP contribution in [0.3, 0.4) is 0 Å². The number of carbonyl (C=O) groups is 1. The van der Waals surface area contributed by atoms with E-state index >= 15 is 0 Å². The predicted molar refractivity (Wildman–Crippen MR) is 134 cm³/mol. The van der Waals surface area contributed by atoms with Gasteiger partial charge in [-0.3, -0.25) is 9.10 Å². The first-order chi connectivity index (χ1) is 15.9. The van der Waals surface area contributed by atoms with E-state index in [4.69, 9.17) is 4.74 Å². The summed E-state index contributed by atoms with van der Waals surface area (Å²) in [6, 6.07) is 24.7. The summed E-state index contributed by atoms with van der Waals surface area (Å²) >= 11 is 1.51. The highest BCUT2D eigenvalue weighted by molar-refractivity contribution is 7.99. The standard InChI is InChI=1S/C25H28N2O4S2/c1-31-19-20-10-8-11-21(18-20)26-25(28)16-9-17-27(33(2,29)30)23-14-6-7-15-24(23)32-22-12-4-3-5-13-22/h3-8,10-15,18H,9,16-17,19H2,1-2H3,(H,26,28). The van der Waals surface area contributed by atoms with Gasteiger partial charge in [0, 0.05) is 35.6 Å². The van der Waals surface area contributed by atoms with Crippen molar-refractivity contribution in [3.8, 4) is 0 Å². The van der Waals surface area contributed by atoms with Crippen molar-refractivity contribution < 1.29 is 17.9 Å². The van der Waals surface area contributed by atoms with Gasteiger partial charge in [0.25, 0.3) is 0 Å². The molecule has 1 N–H and O–H groups in total. The van der Waals surface area contributed by atoms with Gasteiger partial charge < -0.3 is 10.1 Å². The summed E-state index contributed by atoms with van der Waals surface area (Å²) < 4.78 is 31.7. The van der Waals surface area contributed by atoms with Crippen molar-refractivity contribution in [1.29, 1.82) is 0 Å². The van der Waals surface area contributed by atoms with Gasteiger partial charge in [-0.05, 0) is 48.4 Å². The summed E-state index contributed by atoms with van der Waals surface area (Å²) in [4.78, 5) is 14.3. The van der Waals surface area contributed by atoms with Gasteiger partial charge in [-0.2, -0.15) is 0 Å². The molecule has 0 aromatic heterocycles. The third kappa shape index (κ3) is 7.63. The van der Waals surface area contributed by atoms with Crippen molar-refractivity contribution in [3.63, 3.8) is 0 Å². The molecule has 0 radical (unpaired) electrons. The fourth-order valence-corrected chi connectivity index (χ4v) is 5.35. The molecule has 6 nitrogen and oxygen atoms in total. The summed E-state index contributed by atoms with van der Waals surface area (Å²) in [5.74, 6) is -0.162. The molecule has 0 bridgehead atoms. The van der Waals surface area contributed by atoms with Crippen LogP contribution in [-0.4, -0.2) is 34.2 Å². The van der Waals surface area contributed by atoms with Gasteiger partial charge in [-0.25, -0.2) is 8.42 Å². The first-order valence-electron chi connectivity index (χ1n) is 10.5. The third-order valence-electron chi connectivity index (χ3n) is 4.79. The fourth-order valence-electron chi connectivity index (χ4n) is 3.34. The second-order valence-corrected chi connectivity index (χ2v) is 10.5. The maximum atomic E-state index is 12.6. The second-order valence-electron chi connectivity index (χ2n) is 7.50. The molecule has 0 aliphatic carbocycles. The summed E-state index contributed by atoms with van der Waals surface area (Å²) in [6.45, 7) is 0.676. The molecule has 0 spiro atoms. The SMILES string of the molecule is COCc1cccc(NC(=O)CCCN(c2ccccc2Sc2ccccc2)S(C)(=O)=O)c1. The number of carbonyl (C=O) groups excluding carboxylic acids is 1.